The first-order chi connectivity index (χ1) is 13.6. The molecule has 0 aliphatic rings. The lowest BCUT2D eigenvalue weighted by atomic mass is 9.83. The highest BCUT2D eigenvalue weighted by molar-refractivity contribution is 9.10. The van der Waals surface area contributed by atoms with Gasteiger partial charge < -0.3 is 9.47 Å². The normalized spacial score (nSPS) is 10.6. The number of carbonyl (C=O) groups is 2. The van der Waals surface area contributed by atoms with Crippen LogP contribution in [0.4, 0.5) is 0 Å². The molecule has 0 spiro atoms. The molecule has 3 rings (SSSR count). The first-order valence-electron chi connectivity index (χ1n) is 8.63. The van der Waals surface area contributed by atoms with Gasteiger partial charge in [0.25, 0.3) is 0 Å². The van der Waals surface area contributed by atoms with Crippen LogP contribution in [0.5, 0.6) is 11.5 Å². The molecular weight excluding hydrogens is 420 g/mol. The standard InChI is InChI=1S/C23H19BrO4/c1-27-21-8-6-15(13-25)10-19(21)23(17-4-3-5-18(24)12-17)20-11-16(14-26)7-9-22(20)28-2/h3-14,23H,1-2H3. The Hall–Kier alpha value is -2.92. The van der Waals surface area contributed by atoms with Gasteiger partial charge in [0.05, 0.1) is 14.2 Å². The van der Waals surface area contributed by atoms with Crippen LogP contribution in [-0.2, 0) is 0 Å². The molecule has 0 unspecified atom stereocenters. The fraction of sp³-hybridized carbons (Fsp3) is 0.130. The molecule has 0 amide bonds. The van der Waals surface area contributed by atoms with Crippen molar-refractivity contribution in [3.05, 3.63) is 93.0 Å². The lowest BCUT2D eigenvalue weighted by molar-refractivity contribution is 0.111. The van der Waals surface area contributed by atoms with Gasteiger partial charge in [-0.2, -0.15) is 0 Å². The van der Waals surface area contributed by atoms with Crippen LogP contribution in [0, 0.1) is 0 Å². The minimum Gasteiger partial charge on any atom is -0.496 e. The quantitative estimate of drug-likeness (QED) is 0.372. The largest absolute Gasteiger partial charge is 0.496 e. The number of halogens is 1. The van der Waals surface area contributed by atoms with Gasteiger partial charge in [0.15, 0.2) is 0 Å². The number of methoxy groups -OCH3 is 2. The van der Waals surface area contributed by atoms with Gasteiger partial charge in [0, 0.05) is 32.6 Å². The molecule has 0 aliphatic carbocycles. The molecule has 142 valence electrons. The zero-order chi connectivity index (χ0) is 20.1. The zero-order valence-electron chi connectivity index (χ0n) is 15.5. The van der Waals surface area contributed by atoms with E-state index in [1.165, 1.54) is 0 Å². The molecule has 3 aromatic rings. The predicted octanol–water partition coefficient (Wildman–Crippen LogP) is 5.27. The van der Waals surface area contributed by atoms with Crippen molar-refractivity contribution in [2.45, 2.75) is 5.92 Å². The summed E-state index contributed by atoms with van der Waals surface area (Å²) in [6.45, 7) is 0. The Balaban J connectivity index is 2.35. The summed E-state index contributed by atoms with van der Waals surface area (Å²) in [6.07, 6.45) is 1.61. The number of ether oxygens (including phenoxy) is 2. The molecule has 5 heteroatoms. The minimum atomic E-state index is -0.304. The third kappa shape index (κ3) is 3.99. The van der Waals surface area contributed by atoms with Gasteiger partial charge in [-0.15, -0.1) is 0 Å². The molecule has 0 bridgehead atoms. The number of rotatable bonds is 7. The van der Waals surface area contributed by atoms with E-state index in [2.05, 4.69) is 15.9 Å². The van der Waals surface area contributed by atoms with Crippen LogP contribution in [0.2, 0.25) is 0 Å². The topological polar surface area (TPSA) is 52.6 Å². The van der Waals surface area contributed by atoms with Gasteiger partial charge in [-0.25, -0.2) is 0 Å². The zero-order valence-corrected chi connectivity index (χ0v) is 17.1. The van der Waals surface area contributed by atoms with Gasteiger partial charge in [0.2, 0.25) is 0 Å². The van der Waals surface area contributed by atoms with Crippen molar-refractivity contribution in [1.29, 1.82) is 0 Å². The Morgan fingerprint density at radius 1 is 0.786 bits per heavy atom. The molecule has 3 aromatic carbocycles. The van der Waals surface area contributed by atoms with E-state index < -0.39 is 0 Å². The van der Waals surface area contributed by atoms with E-state index in [4.69, 9.17) is 9.47 Å². The number of hydrogen-bond donors (Lipinski definition) is 0. The van der Waals surface area contributed by atoms with Gasteiger partial charge in [-0.05, 0) is 54.1 Å². The maximum absolute atomic E-state index is 11.4. The highest BCUT2D eigenvalue weighted by atomic mass is 79.9. The molecule has 28 heavy (non-hydrogen) atoms. The fourth-order valence-electron chi connectivity index (χ4n) is 3.32. The molecule has 4 nitrogen and oxygen atoms in total. The molecule has 0 atom stereocenters. The second-order valence-corrected chi connectivity index (χ2v) is 7.14. The first kappa shape index (κ1) is 19.8. The van der Waals surface area contributed by atoms with Crippen LogP contribution < -0.4 is 9.47 Å². The molecule has 0 saturated heterocycles. The van der Waals surface area contributed by atoms with E-state index in [9.17, 15) is 9.59 Å². The maximum Gasteiger partial charge on any atom is 0.150 e. The summed E-state index contributed by atoms with van der Waals surface area (Å²) < 4.78 is 12.1. The van der Waals surface area contributed by atoms with Gasteiger partial charge in [-0.1, -0.05) is 28.1 Å². The average molecular weight is 439 g/mol. The monoisotopic (exact) mass is 438 g/mol. The third-order valence-electron chi connectivity index (χ3n) is 4.58. The lowest BCUT2D eigenvalue weighted by Gasteiger charge is -2.24. The minimum absolute atomic E-state index is 0.304. The number of hydrogen-bond acceptors (Lipinski definition) is 4. The number of benzene rings is 3. The lowest BCUT2D eigenvalue weighted by Crippen LogP contribution is -2.09. The summed E-state index contributed by atoms with van der Waals surface area (Å²) in [5, 5.41) is 0. The summed E-state index contributed by atoms with van der Waals surface area (Å²) in [4.78, 5) is 22.8. The van der Waals surface area contributed by atoms with E-state index in [1.807, 2.05) is 36.4 Å². The van der Waals surface area contributed by atoms with E-state index in [0.717, 1.165) is 33.7 Å². The van der Waals surface area contributed by atoms with Gasteiger partial charge in [-0.3, -0.25) is 9.59 Å². The van der Waals surface area contributed by atoms with Crippen molar-refractivity contribution < 1.29 is 19.1 Å². The SMILES string of the molecule is COc1ccc(C=O)cc1C(c1cccc(Br)c1)c1cc(C=O)ccc1OC. The third-order valence-corrected chi connectivity index (χ3v) is 5.08. The fourth-order valence-corrected chi connectivity index (χ4v) is 3.73. The van der Waals surface area contributed by atoms with Crippen LogP contribution >= 0.6 is 15.9 Å². The Morgan fingerprint density at radius 2 is 1.32 bits per heavy atom. The summed E-state index contributed by atoms with van der Waals surface area (Å²) in [5.74, 6) is 0.991. The van der Waals surface area contributed by atoms with Crippen molar-refractivity contribution >= 4 is 28.5 Å². The second kappa shape index (κ2) is 8.85. The van der Waals surface area contributed by atoms with E-state index in [-0.39, 0.29) is 5.92 Å². The summed E-state index contributed by atoms with van der Waals surface area (Å²) in [6, 6.07) is 18.5. The number of carbonyl (C=O) groups excluding carboxylic acids is 2. The summed E-state index contributed by atoms with van der Waals surface area (Å²) >= 11 is 3.53. The highest BCUT2D eigenvalue weighted by Crippen LogP contribution is 2.42. The van der Waals surface area contributed by atoms with E-state index in [1.54, 1.807) is 38.5 Å². The Kier molecular flexibility index (Phi) is 6.26. The summed E-state index contributed by atoms with van der Waals surface area (Å²) in [5.41, 5.74) is 3.68. The Bertz CT molecular complexity index is 954. The van der Waals surface area contributed by atoms with E-state index in [0.29, 0.717) is 22.6 Å². The molecular formula is C23H19BrO4. The van der Waals surface area contributed by atoms with Crippen molar-refractivity contribution in [2.24, 2.45) is 0 Å². The van der Waals surface area contributed by atoms with Crippen molar-refractivity contribution in [3.8, 4) is 11.5 Å². The smallest absolute Gasteiger partial charge is 0.150 e. The molecule has 0 aliphatic heterocycles. The molecule has 0 saturated carbocycles. The van der Waals surface area contributed by atoms with Crippen LogP contribution in [0.25, 0.3) is 0 Å². The van der Waals surface area contributed by atoms with Crippen LogP contribution in [-0.4, -0.2) is 26.8 Å². The molecule has 0 aromatic heterocycles. The van der Waals surface area contributed by atoms with Crippen molar-refractivity contribution in [1.82, 2.24) is 0 Å². The molecule has 0 N–H and O–H groups in total. The molecule has 0 fully saturated rings. The first-order valence-corrected chi connectivity index (χ1v) is 9.42. The van der Waals surface area contributed by atoms with Crippen LogP contribution in [0.1, 0.15) is 43.3 Å². The molecule has 0 radical (unpaired) electrons. The van der Waals surface area contributed by atoms with Crippen molar-refractivity contribution in [3.63, 3.8) is 0 Å². The highest BCUT2D eigenvalue weighted by Gasteiger charge is 2.25. The Labute approximate surface area is 172 Å². The second-order valence-electron chi connectivity index (χ2n) is 6.23. The molecule has 0 heterocycles. The van der Waals surface area contributed by atoms with Crippen LogP contribution in [0.15, 0.2) is 65.1 Å². The number of aldehydes is 2. The van der Waals surface area contributed by atoms with E-state index >= 15 is 0 Å². The van der Waals surface area contributed by atoms with Crippen molar-refractivity contribution in [2.75, 3.05) is 14.2 Å². The Morgan fingerprint density at radius 3 is 1.75 bits per heavy atom. The predicted molar refractivity (Wildman–Crippen MR) is 112 cm³/mol. The van der Waals surface area contributed by atoms with Gasteiger partial charge in [0.1, 0.15) is 24.1 Å². The van der Waals surface area contributed by atoms with Crippen LogP contribution in [0.3, 0.4) is 0 Å². The maximum atomic E-state index is 11.4. The van der Waals surface area contributed by atoms with Gasteiger partial charge >= 0.3 is 0 Å². The summed E-state index contributed by atoms with van der Waals surface area (Å²) in [7, 11) is 3.19. The average Bonchev–Trinajstić information content (AvgIpc) is 2.73.